The topological polar surface area (TPSA) is 94.5 Å². The third-order valence-electron chi connectivity index (χ3n) is 1.75. The third kappa shape index (κ3) is 3.80. The Balaban J connectivity index is 2.67. The first-order valence-electron chi connectivity index (χ1n) is 4.58. The summed E-state index contributed by atoms with van der Waals surface area (Å²) in [7, 11) is 0. The van der Waals surface area contributed by atoms with Gasteiger partial charge in [-0.15, -0.1) is 0 Å². The van der Waals surface area contributed by atoms with Gasteiger partial charge >= 0.3 is 0 Å². The smallest absolute Gasteiger partial charge is 0.258 e. The van der Waals surface area contributed by atoms with Crippen LogP contribution in [-0.2, 0) is 0 Å². The molecule has 0 aliphatic heterocycles. The number of nitrogens with one attached hydrogen (secondary N) is 1. The van der Waals surface area contributed by atoms with Crippen molar-refractivity contribution in [1.29, 1.82) is 0 Å². The van der Waals surface area contributed by atoms with Crippen molar-refractivity contribution >= 4 is 17.8 Å². The van der Waals surface area contributed by atoms with Gasteiger partial charge in [0, 0.05) is 17.7 Å². The Labute approximate surface area is 96.4 Å². The van der Waals surface area contributed by atoms with Gasteiger partial charge in [0.2, 0.25) is 0 Å². The molecule has 0 aliphatic carbocycles. The maximum Gasteiger partial charge on any atom is 0.258 e. The number of rotatable bonds is 5. The van der Waals surface area contributed by atoms with Gasteiger partial charge in [-0.05, 0) is 18.2 Å². The number of hydrogen-bond donors (Lipinski definition) is 1. The Morgan fingerprint density at radius 1 is 1.75 bits per heavy atom. The predicted octanol–water partition coefficient (Wildman–Crippen LogP) is 2.21. The van der Waals surface area contributed by atoms with Crippen molar-refractivity contribution in [3.63, 3.8) is 0 Å². The van der Waals surface area contributed by atoms with Gasteiger partial charge in [-0.3, -0.25) is 4.79 Å². The Kier molecular flexibility index (Phi) is 5.18. The highest BCUT2D eigenvalue weighted by atomic mass is 32.2. The molecular weight excluding hydrogens is 226 g/mol. The number of aromatic nitrogens is 2. The summed E-state index contributed by atoms with van der Waals surface area (Å²) >= 11 is 1.38. The molecule has 0 radical (unpaired) electrons. The van der Waals surface area contributed by atoms with Gasteiger partial charge in [0.15, 0.2) is 5.16 Å². The summed E-state index contributed by atoms with van der Waals surface area (Å²) < 4.78 is 0. The number of azide groups is 1. The van der Waals surface area contributed by atoms with Crippen LogP contribution in [0.3, 0.4) is 0 Å². The summed E-state index contributed by atoms with van der Waals surface area (Å²) in [6.07, 6.45) is 7.42. The lowest BCUT2D eigenvalue weighted by molar-refractivity contribution is 0.933. The van der Waals surface area contributed by atoms with Crippen LogP contribution in [0.25, 0.3) is 16.5 Å². The molecule has 84 valence electrons. The van der Waals surface area contributed by atoms with Gasteiger partial charge in [0.1, 0.15) is 0 Å². The summed E-state index contributed by atoms with van der Waals surface area (Å²) in [5, 5.41) is 3.97. The molecule has 0 spiro atoms. The van der Waals surface area contributed by atoms with E-state index in [0.717, 1.165) is 0 Å². The van der Waals surface area contributed by atoms with Crippen LogP contribution in [-0.4, -0.2) is 22.8 Å². The summed E-state index contributed by atoms with van der Waals surface area (Å²) in [6, 6.07) is 0. The number of thioether (sulfide) groups is 1. The first-order chi connectivity index (χ1) is 7.77. The molecule has 0 atom stereocenters. The highest BCUT2D eigenvalue weighted by Crippen LogP contribution is 2.04. The fourth-order valence-corrected chi connectivity index (χ4v) is 1.35. The second-order valence-corrected chi connectivity index (χ2v) is 3.62. The van der Waals surface area contributed by atoms with E-state index in [-0.39, 0.29) is 5.56 Å². The lowest BCUT2D eigenvalue weighted by Crippen LogP contribution is -2.10. The van der Waals surface area contributed by atoms with E-state index in [0.29, 0.717) is 23.7 Å². The quantitative estimate of drug-likeness (QED) is 0.212. The SMILES string of the molecule is CSc1ncc(C=CCCN=[N+]=[N-])c(=O)[nH]1. The molecule has 7 heteroatoms. The highest BCUT2D eigenvalue weighted by molar-refractivity contribution is 7.98. The molecule has 0 bridgehead atoms. The second kappa shape index (κ2) is 6.71. The van der Waals surface area contributed by atoms with Crippen molar-refractivity contribution in [2.24, 2.45) is 5.11 Å². The first kappa shape index (κ1) is 12.4. The van der Waals surface area contributed by atoms with Crippen molar-refractivity contribution in [3.8, 4) is 0 Å². The maximum atomic E-state index is 11.5. The van der Waals surface area contributed by atoms with Crippen LogP contribution in [0.15, 0.2) is 27.3 Å². The van der Waals surface area contributed by atoms with Crippen molar-refractivity contribution in [1.82, 2.24) is 9.97 Å². The molecule has 1 N–H and O–H groups in total. The summed E-state index contributed by atoms with van der Waals surface area (Å²) in [4.78, 5) is 20.8. The summed E-state index contributed by atoms with van der Waals surface area (Å²) in [5.41, 5.74) is 8.38. The third-order valence-corrected chi connectivity index (χ3v) is 2.35. The zero-order valence-corrected chi connectivity index (χ0v) is 9.57. The average molecular weight is 237 g/mol. The second-order valence-electron chi connectivity index (χ2n) is 2.82. The molecule has 0 unspecified atom stereocenters. The predicted molar refractivity (Wildman–Crippen MR) is 64.3 cm³/mol. The van der Waals surface area contributed by atoms with Gasteiger partial charge in [-0.1, -0.05) is 29.0 Å². The first-order valence-corrected chi connectivity index (χ1v) is 5.81. The monoisotopic (exact) mass is 237 g/mol. The van der Waals surface area contributed by atoms with E-state index >= 15 is 0 Å². The minimum atomic E-state index is -0.167. The summed E-state index contributed by atoms with van der Waals surface area (Å²) in [6.45, 7) is 0.390. The standard InChI is InChI=1S/C9H11N5OS/c1-16-9-11-6-7(8(15)13-9)4-2-3-5-12-14-10/h2,4,6H,3,5H2,1H3,(H,11,13,15). The van der Waals surface area contributed by atoms with Crippen LogP contribution < -0.4 is 5.56 Å². The largest absolute Gasteiger partial charge is 0.301 e. The minimum Gasteiger partial charge on any atom is -0.301 e. The van der Waals surface area contributed by atoms with Crippen molar-refractivity contribution < 1.29 is 0 Å². The Morgan fingerprint density at radius 3 is 3.19 bits per heavy atom. The van der Waals surface area contributed by atoms with E-state index in [9.17, 15) is 4.79 Å². The molecule has 0 saturated heterocycles. The lowest BCUT2D eigenvalue weighted by Gasteiger charge is -1.95. The minimum absolute atomic E-state index is 0.167. The Morgan fingerprint density at radius 2 is 2.56 bits per heavy atom. The van der Waals surface area contributed by atoms with E-state index in [1.54, 1.807) is 12.2 Å². The van der Waals surface area contributed by atoms with Crippen LogP contribution in [0.4, 0.5) is 0 Å². The number of H-pyrrole nitrogens is 1. The fourth-order valence-electron chi connectivity index (χ4n) is 0.998. The molecule has 0 fully saturated rings. The normalized spacial score (nSPS) is 10.3. The van der Waals surface area contributed by atoms with E-state index in [4.69, 9.17) is 5.53 Å². The molecule has 6 nitrogen and oxygen atoms in total. The van der Waals surface area contributed by atoms with Crippen LogP contribution in [0.5, 0.6) is 0 Å². The van der Waals surface area contributed by atoms with Crippen LogP contribution in [0, 0.1) is 0 Å². The van der Waals surface area contributed by atoms with Gasteiger partial charge < -0.3 is 4.98 Å². The van der Waals surface area contributed by atoms with Crippen molar-refractivity contribution in [2.45, 2.75) is 11.6 Å². The molecule has 1 aromatic heterocycles. The summed E-state index contributed by atoms with van der Waals surface area (Å²) in [5.74, 6) is 0. The molecular formula is C9H11N5OS. The maximum absolute atomic E-state index is 11.5. The van der Waals surface area contributed by atoms with Gasteiger partial charge in [0.05, 0.1) is 5.56 Å². The van der Waals surface area contributed by atoms with Crippen molar-refractivity contribution in [3.05, 3.63) is 38.6 Å². The zero-order valence-electron chi connectivity index (χ0n) is 8.75. The molecule has 1 rings (SSSR count). The molecule has 0 aliphatic rings. The average Bonchev–Trinajstić information content (AvgIpc) is 2.30. The van der Waals surface area contributed by atoms with E-state index < -0.39 is 0 Å². The fraction of sp³-hybridized carbons (Fsp3) is 0.333. The van der Waals surface area contributed by atoms with E-state index in [1.165, 1.54) is 18.0 Å². The molecule has 0 amide bonds. The van der Waals surface area contributed by atoms with E-state index in [1.807, 2.05) is 6.26 Å². The Bertz CT molecular complexity index is 475. The molecule has 1 heterocycles. The van der Waals surface area contributed by atoms with Gasteiger partial charge in [-0.25, -0.2) is 4.98 Å². The molecule has 16 heavy (non-hydrogen) atoms. The Hall–Kier alpha value is -1.72. The van der Waals surface area contributed by atoms with Gasteiger partial charge in [-0.2, -0.15) is 0 Å². The van der Waals surface area contributed by atoms with Crippen LogP contribution in [0.2, 0.25) is 0 Å². The van der Waals surface area contributed by atoms with Crippen molar-refractivity contribution in [2.75, 3.05) is 12.8 Å². The number of hydrogen-bond acceptors (Lipinski definition) is 4. The van der Waals surface area contributed by atoms with E-state index in [2.05, 4.69) is 20.0 Å². The van der Waals surface area contributed by atoms with Gasteiger partial charge in [0.25, 0.3) is 5.56 Å². The van der Waals surface area contributed by atoms with Crippen LogP contribution in [0.1, 0.15) is 12.0 Å². The number of nitrogens with zero attached hydrogens (tertiary/aromatic N) is 4. The van der Waals surface area contributed by atoms with Crippen LogP contribution >= 0.6 is 11.8 Å². The molecule has 0 aromatic carbocycles. The molecule has 0 saturated carbocycles. The zero-order chi connectivity index (χ0) is 11.8. The number of aromatic amines is 1. The molecule has 1 aromatic rings. The highest BCUT2D eigenvalue weighted by Gasteiger charge is 1.97. The lowest BCUT2D eigenvalue weighted by atomic mass is 10.3.